The van der Waals surface area contributed by atoms with Crippen LogP contribution in [-0.2, 0) is 10.0 Å². The summed E-state index contributed by atoms with van der Waals surface area (Å²) in [6.07, 6.45) is 1.37. The van der Waals surface area contributed by atoms with Crippen LogP contribution in [0.25, 0.3) is 0 Å². The molecule has 0 fully saturated rings. The molecule has 6 heteroatoms. The van der Waals surface area contributed by atoms with E-state index < -0.39 is 20.7 Å². The smallest absolute Gasteiger partial charge is 0.207 e. The molecule has 0 spiro atoms. The van der Waals surface area contributed by atoms with E-state index >= 15 is 0 Å². The minimum absolute atomic E-state index is 0.0460. The van der Waals surface area contributed by atoms with Gasteiger partial charge in [0.25, 0.3) is 0 Å². The van der Waals surface area contributed by atoms with Crippen LogP contribution >= 0.6 is 11.6 Å². The average Bonchev–Trinajstić information content (AvgIpc) is 2.14. The first-order valence-electron chi connectivity index (χ1n) is 4.03. The minimum atomic E-state index is -3.82. The third-order valence-corrected chi connectivity index (χ3v) is 3.29. The lowest BCUT2D eigenvalue weighted by atomic mass is 10.3. The number of sulfonamides is 1. The maximum Gasteiger partial charge on any atom is 0.243 e. The summed E-state index contributed by atoms with van der Waals surface area (Å²) < 4.78 is 38.4. The first-order chi connectivity index (χ1) is 6.97. The lowest BCUT2D eigenvalue weighted by molar-refractivity contribution is 0.560. The third kappa shape index (κ3) is 3.02. The van der Waals surface area contributed by atoms with Crippen LogP contribution in [0.2, 0.25) is 5.02 Å². The van der Waals surface area contributed by atoms with E-state index in [1.54, 1.807) is 0 Å². The SMILES string of the molecule is C=CCNS(=O)(=O)c1ccc(Cl)cc1F. The Labute approximate surface area is 92.6 Å². The molecule has 0 aliphatic heterocycles. The molecule has 0 aliphatic rings. The number of hydrogen-bond acceptors (Lipinski definition) is 2. The molecule has 1 aromatic carbocycles. The second-order valence-corrected chi connectivity index (χ2v) is 4.89. The van der Waals surface area contributed by atoms with Crippen molar-refractivity contribution in [3.63, 3.8) is 0 Å². The molecule has 0 amide bonds. The molecule has 0 bridgehead atoms. The van der Waals surface area contributed by atoms with Crippen LogP contribution in [0.15, 0.2) is 35.7 Å². The maximum absolute atomic E-state index is 13.2. The molecule has 0 saturated carbocycles. The van der Waals surface area contributed by atoms with Gasteiger partial charge in [-0.25, -0.2) is 17.5 Å². The van der Waals surface area contributed by atoms with E-state index in [9.17, 15) is 12.8 Å². The molecule has 3 nitrogen and oxygen atoms in total. The Bertz CT molecular complexity index is 473. The Hall–Kier alpha value is -0.910. The number of benzene rings is 1. The molecule has 0 radical (unpaired) electrons. The van der Waals surface area contributed by atoms with Crippen molar-refractivity contribution in [1.82, 2.24) is 4.72 Å². The van der Waals surface area contributed by atoms with Gasteiger partial charge in [0.05, 0.1) is 0 Å². The van der Waals surface area contributed by atoms with Crippen molar-refractivity contribution in [2.24, 2.45) is 0 Å². The van der Waals surface area contributed by atoms with Gasteiger partial charge in [-0.3, -0.25) is 0 Å². The fraction of sp³-hybridized carbons (Fsp3) is 0.111. The number of hydrogen-bond donors (Lipinski definition) is 1. The van der Waals surface area contributed by atoms with E-state index in [4.69, 9.17) is 11.6 Å². The van der Waals surface area contributed by atoms with Crippen molar-refractivity contribution in [2.45, 2.75) is 4.90 Å². The molecule has 0 aliphatic carbocycles. The summed E-state index contributed by atoms with van der Waals surface area (Å²) in [5.74, 6) is -0.876. The van der Waals surface area contributed by atoms with Gasteiger partial charge in [0.1, 0.15) is 10.7 Å². The topological polar surface area (TPSA) is 46.2 Å². The zero-order chi connectivity index (χ0) is 11.5. The van der Waals surface area contributed by atoms with E-state index in [1.165, 1.54) is 12.1 Å². The van der Waals surface area contributed by atoms with Gasteiger partial charge >= 0.3 is 0 Å². The molecule has 0 heterocycles. The number of halogens is 2. The summed E-state index contributed by atoms with van der Waals surface area (Å²) in [5.41, 5.74) is 0. The zero-order valence-corrected chi connectivity index (χ0v) is 9.28. The van der Waals surface area contributed by atoms with Gasteiger partial charge in [0.2, 0.25) is 10.0 Å². The van der Waals surface area contributed by atoms with E-state index in [0.717, 1.165) is 12.1 Å². The second-order valence-electron chi connectivity index (χ2n) is 2.72. The third-order valence-electron chi connectivity index (χ3n) is 1.60. The molecule has 1 rings (SSSR count). The lowest BCUT2D eigenvalue weighted by Crippen LogP contribution is -2.24. The van der Waals surface area contributed by atoms with Crippen LogP contribution in [0, 0.1) is 5.82 Å². The molecule has 82 valence electrons. The van der Waals surface area contributed by atoms with Crippen LogP contribution < -0.4 is 4.72 Å². The molecular formula is C9H9ClFNO2S. The van der Waals surface area contributed by atoms with Crippen molar-refractivity contribution >= 4 is 21.6 Å². The van der Waals surface area contributed by atoms with Gasteiger partial charge in [-0.1, -0.05) is 17.7 Å². The van der Waals surface area contributed by atoms with Crippen LogP contribution in [0.4, 0.5) is 4.39 Å². The molecule has 0 aromatic heterocycles. The summed E-state index contributed by atoms with van der Waals surface area (Å²) in [4.78, 5) is -0.422. The highest BCUT2D eigenvalue weighted by Crippen LogP contribution is 2.18. The van der Waals surface area contributed by atoms with Crippen LogP contribution in [0.1, 0.15) is 0 Å². The average molecular weight is 250 g/mol. The molecule has 1 aromatic rings. The lowest BCUT2D eigenvalue weighted by Gasteiger charge is -2.05. The van der Waals surface area contributed by atoms with Gasteiger partial charge in [-0.2, -0.15) is 0 Å². The van der Waals surface area contributed by atoms with Crippen molar-refractivity contribution in [3.8, 4) is 0 Å². The largest absolute Gasteiger partial charge is 0.243 e. The first-order valence-corrected chi connectivity index (χ1v) is 5.89. The van der Waals surface area contributed by atoms with Gasteiger partial charge in [0.15, 0.2) is 0 Å². The van der Waals surface area contributed by atoms with Gasteiger partial charge in [0, 0.05) is 11.6 Å². The van der Waals surface area contributed by atoms with Crippen LogP contribution in [0.5, 0.6) is 0 Å². The molecular weight excluding hydrogens is 241 g/mol. The summed E-state index contributed by atoms with van der Waals surface area (Å²) in [6.45, 7) is 3.40. The zero-order valence-electron chi connectivity index (χ0n) is 7.70. The summed E-state index contributed by atoms with van der Waals surface area (Å²) in [5, 5.41) is 0.148. The van der Waals surface area contributed by atoms with Gasteiger partial charge in [-0.15, -0.1) is 6.58 Å². The van der Waals surface area contributed by atoms with Crippen molar-refractivity contribution in [1.29, 1.82) is 0 Å². The molecule has 0 unspecified atom stereocenters. The fourth-order valence-electron chi connectivity index (χ4n) is 0.940. The summed E-state index contributed by atoms with van der Waals surface area (Å²) >= 11 is 5.50. The standard InChI is InChI=1S/C9H9ClFNO2S/c1-2-5-12-15(13,14)9-4-3-7(10)6-8(9)11/h2-4,6,12H,1,5H2. The Kier molecular flexibility index (Phi) is 3.84. The highest BCUT2D eigenvalue weighted by Gasteiger charge is 2.17. The number of rotatable bonds is 4. The van der Waals surface area contributed by atoms with E-state index in [-0.39, 0.29) is 11.6 Å². The molecule has 0 atom stereocenters. The second kappa shape index (κ2) is 4.74. The van der Waals surface area contributed by atoms with E-state index in [0.29, 0.717) is 0 Å². The van der Waals surface area contributed by atoms with Crippen LogP contribution in [-0.4, -0.2) is 15.0 Å². The maximum atomic E-state index is 13.2. The predicted octanol–water partition coefficient (Wildman–Crippen LogP) is 1.94. The van der Waals surface area contributed by atoms with Crippen molar-refractivity contribution < 1.29 is 12.8 Å². The molecule has 0 saturated heterocycles. The summed E-state index contributed by atoms with van der Waals surface area (Å²) in [6, 6.07) is 3.38. The Morgan fingerprint density at radius 1 is 1.53 bits per heavy atom. The minimum Gasteiger partial charge on any atom is -0.207 e. The van der Waals surface area contributed by atoms with E-state index in [1.807, 2.05) is 0 Å². The Morgan fingerprint density at radius 3 is 2.73 bits per heavy atom. The molecule has 1 N–H and O–H groups in total. The Balaban J connectivity index is 3.10. The predicted molar refractivity (Wildman–Crippen MR) is 56.8 cm³/mol. The monoisotopic (exact) mass is 249 g/mol. The van der Waals surface area contributed by atoms with E-state index in [2.05, 4.69) is 11.3 Å². The van der Waals surface area contributed by atoms with Crippen molar-refractivity contribution in [3.05, 3.63) is 41.7 Å². The Morgan fingerprint density at radius 2 is 2.20 bits per heavy atom. The van der Waals surface area contributed by atoms with Gasteiger partial charge in [-0.05, 0) is 18.2 Å². The molecule has 15 heavy (non-hydrogen) atoms. The summed E-state index contributed by atoms with van der Waals surface area (Å²) in [7, 11) is -3.82. The highest BCUT2D eigenvalue weighted by molar-refractivity contribution is 7.89. The number of nitrogens with one attached hydrogen (secondary N) is 1. The van der Waals surface area contributed by atoms with Crippen LogP contribution in [0.3, 0.4) is 0 Å². The van der Waals surface area contributed by atoms with Crippen molar-refractivity contribution in [2.75, 3.05) is 6.54 Å². The fourth-order valence-corrected chi connectivity index (χ4v) is 2.15. The normalized spacial score (nSPS) is 11.3. The quantitative estimate of drug-likeness (QED) is 0.829. The highest BCUT2D eigenvalue weighted by atomic mass is 35.5. The van der Waals surface area contributed by atoms with Gasteiger partial charge < -0.3 is 0 Å². The first kappa shape index (κ1) is 12.2.